The Balaban J connectivity index is 2.08. The van der Waals surface area contributed by atoms with Gasteiger partial charge in [0.05, 0.1) is 18.4 Å². The topological polar surface area (TPSA) is 30.7 Å². The van der Waals surface area contributed by atoms with Crippen molar-refractivity contribution in [2.45, 2.75) is 45.1 Å². The Kier molecular flexibility index (Phi) is 2.48. The Morgan fingerprint density at radius 1 is 1.60 bits per heavy atom. The zero-order valence-corrected chi connectivity index (χ0v) is 8.95. The van der Waals surface area contributed by atoms with E-state index in [-0.39, 0.29) is 12.3 Å². The molecule has 1 saturated carbocycles. The number of halogens is 2. The van der Waals surface area contributed by atoms with Gasteiger partial charge in [-0.1, -0.05) is 19.1 Å². The van der Waals surface area contributed by atoms with E-state index in [2.05, 4.69) is 10.3 Å². The molecular weight excluding hydrogens is 200 g/mol. The standard InChI is InChI=1S/C10H15F2N3/c1-7(2)9-5-13-14-15(9)6-8-3-4-10(8,11)12/h5,7-8H,3-4,6H2,1-2H3. The number of alkyl halides is 2. The van der Waals surface area contributed by atoms with Crippen LogP contribution in [-0.4, -0.2) is 20.9 Å². The van der Waals surface area contributed by atoms with Crippen LogP contribution in [0.2, 0.25) is 0 Å². The van der Waals surface area contributed by atoms with Crippen LogP contribution in [0.4, 0.5) is 8.78 Å². The van der Waals surface area contributed by atoms with Gasteiger partial charge in [0.1, 0.15) is 0 Å². The highest BCUT2D eigenvalue weighted by atomic mass is 19.3. The Morgan fingerprint density at radius 3 is 2.80 bits per heavy atom. The first kappa shape index (κ1) is 10.5. The molecule has 1 atom stereocenters. The highest BCUT2D eigenvalue weighted by Crippen LogP contribution is 2.44. The van der Waals surface area contributed by atoms with Crippen LogP contribution in [0.5, 0.6) is 0 Å². The molecule has 1 unspecified atom stereocenters. The quantitative estimate of drug-likeness (QED) is 0.775. The lowest BCUT2D eigenvalue weighted by Gasteiger charge is -2.36. The Labute approximate surface area is 87.5 Å². The van der Waals surface area contributed by atoms with Crippen LogP contribution in [0.1, 0.15) is 38.3 Å². The van der Waals surface area contributed by atoms with Gasteiger partial charge in [-0.3, -0.25) is 0 Å². The van der Waals surface area contributed by atoms with E-state index in [4.69, 9.17) is 0 Å². The van der Waals surface area contributed by atoms with E-state index in [0.717, 1.165) is 5.69 Å². The lowest BCUT2D eigenvalue weighted by molar-refractivity contribution is -0.138. The summed E-state index contributed by atoms with van der Waals surface area (Å²) in [5.74, 6) is -2.79. The highest BCUT2D eigenvalue weighted by Gasteiger charge is 2.48. The second-order valence-corrected chi connectivity index (χ2v) is 4.49. The molecule has 3 nitrogen and oxygen atoms in total. The van der Waals surface area contributed by atoms with E-state index in [1.54, 1.807) is 10.9 Å². The molecule has 0 spiro atoms. The average molecular weight is 215 g/mol. The molecule has 0 aliphatic heterocycles. The maximum atomic E-state index is 13.1. The monoisotopic (exact) mass is 215 g/mol. The molecule has 0 saturated heterocycles. The van der Waals surface area contributed by atoms with Gasteiger partial charge in [0.25, 0.3) is 5.92 Å². The van der Waals surface area contributed by atoms with Crippen molar-refractivity contribution < 1.29 is 8.78 Å². The lowest BCUT2D eigenvalue weighted by Crippen LogP contribution is -2.41. The minimum absolute atomic E-state index is 0.0172. The Morgan fingerprint density at radius 2 is 2.33 bits per heavy atom. The summed E-state index contributed by atoms with van der Waals surface area (Å²) in [6.07, 6.45) is 2.26. The number of nitrogens with zero attached hydrogens (tertiary/aromatic N) is 3. The maximum Gasteiger partial charge on any atom is 0.252 e. The molecule has 1 heterocycles. The molecule has 0 aromatic carbocycles. The third kappa shape index (κ3) is 1.87. The summed E-state index contributed by atoms with van der Waals surface area (Å²) in [5, 5.41) is 7.63. The van der Waals surface area contributed by atoms with Crippen LogP contribution in [-0.2, 0) is 6.54 Å². The Hall–Kier alpha value is -1.00. The lowest BCUT2D eigenvalue weighted by atomic mass is 9.81. The van der Waals surface area contributed by atoms with Crippen LogP contribution >= 0.6 is 0 Å². The zero-order valence-electron chi connectivity index (χ0n) is 8.95. The van der Waals surface area contributed by atoms with Gasteiger partial charge in [-0.15, -0.1) is 5.10 Å². The van der Waals surface area contributed by atoms with Gasteiger partial charge < -0.3 is 0 Å². The van der Waals surface area contributed by atoms with Crippen molar-refractivity contribution in [1.29, 1.82) is 0 Å². The molecule has 0 amide bonds. The number of hydrogen-bond donors (Lipinski definition) is 0. The van der Waals surface area contributed by atoms with E-state index >= 15 is 0 Å². The van der Waals surface area contributed by atoms with E-state index in [1.165, 1.54) is 0 Å². The van der Waals surface area contributed by atoms with Gasteiger partial charge in [0.15, 0.2) is 0 Å². The van der Waals surface area contributed by atoms with Crippen molar-refractivity contribution in [3.8, 4) is 0 Å². The van der Waals surface area contributed by atoms with Gasteiger partial charge in [0.2, 0.25) is 0 Å². The zero-order chi connectivity index (χ0) is 11.1. The largest absolute Gasteiger partial charge is 0.252 e. The van der Waals surface area contributed by atoms with Crippen molar-refractivity contribution in [2.75, 3.05) is 0 Å². The van der Waals surface area contributed by atoms with Crippen molar-refractivity contribution >= 4 is 0 Å². The van der Waals surface area contributed by atoms with Crippen molar-refractivity contribution in [1.82, 2.24) is 15.0 Å². The summed E-state index contributed by atoms with van der Waals surface area (Å²) in [5.41, 5.74) is 0.928. The number of rotatable bonds is 3. The average Bonchev–Trinajstić information content (AvgIpc) is 2.60. The third-order valence-corrected chi connectivity index (χ3v) is 3.06. The number of aromatic nitrogens is 3. The molecule has 1 aliphatic rings. The molecule has 1 aromatic heterocycles. The van der Waals surface area contributed by atoms with Crippen LogP contribution in [0, 0.1) is 5.92 Å². The van der Waals surface area contributed by atoms with E-state index in [0.29, 0.717) is 13.0 Å². The summed E-state index contributed by atoms with van der Waals surface area (Å²) < 4.78 is 27.7. The minimum Gasteiger partial charge on any atom is -0.249 e. The fourth-order valence-electron chi connectivity index (χ4n) is 1.85. The van der Waals surface area contributed by atoms with Gasteiger partial charge in [0, 0.05) is 12.3 Å². The highest BCUT2D eigenvalue weighted by molar-refractivity contribution is 5.01. The molecular formula is C10H15F2N3. The SMILES string of the molecule is CC(C)c1cnnn1CC1CCC1(F)F. The molecule has 1 aromatic rings. The maximum absolute atomic E-state index is 13.1. The summed E-state index contributed by atoms with van der Waals surface area (Å²) in [6, 6.07) is 0. The first-order chi connectivity index (χ1) is 7.00. The molecule has 2 rings (SSSR count). The Bertz CT molecular complexity index is 346. The van der Waals surface area contributed by atoms with E-state index < -0.39 is 11.8 Å². The summed E-state index contributed by atoms with van der Waals surface area (Å²) >= 11 is 0. The predicted molar refractivity (Wildman–Crippen MR) is 51.8 cm³/mol. The molecule has 5 heteroatoms. The molecule has 1 fully saturated rings. The van der Waals surface area contributed by atoms with Crippen molar-refractivity contribution in [3.63, 3.8) is 0 Å². The van der Waals surface area contributed by atoms with Crippen LogP contribution in [0.3, 0.4) is 0 Å². The third-order valence-electron chi connectivity index (χ3n) is 3.06. The van der Waals surface area contributed by atoms with Crippen LogP contribution < -0.4 is 0 Å². The van der Waals surface area contributed by atoms with Crippen LogP contribution in [0.15, 0.2) is 6.20 Å². The molecule has 84 valence electrons. The fourth-order valence-corrected chi connectivity index (χ4v) is 1.85. The van der Waals surface area contributed by atoms with Gasteiger partial charge >= 0.3 is 0 Å². The van der Waals surface area contributed by atoms with E-state index in [9.17, 15) is 8.78 Å². The van der Waals surface area contributed by atoms with E-state index in [1.807, 2.05) is 13.8 Å². The number of hydrogen-bond acceptors (Lipinski definition) is 2. The van der Waals surface area contributed by atoms with Gasteiger partial charge in [-0.2, -0.15) is 0 Å². The van der Waals surface area contributed by atoms with Gasteiger partial charge in [-0.25, -0.2) is 13.5 Å². The normalized spacial score (nSPS) is 24.2. The molecule has 1 aliphatic carbocycles. The molecule has 15 heavy (non-hydrogen) atoms. The van der Waals surface area contributed by atoms with Crippen LogP contribution in [0.25, 0.3) is 0 Å². The first-order valence-corrected chi connectivity index (χ1v) is 5.27. The predicted octanol–water partition coefficient (Wildman–Crippen LogP) is 2.45. The summed E-state index contributed by atoms with van der Waals surface area (Å²) in [6.45, 7) is 4.31. The first-order valence-electron chi connectivity index (χ1n) is 5.27. The second-order valence-electron chi connectivity index (χ2n) is 4.49. The smallest absolute Gasteiger partial charge is 0.249 e. The molecule has 0 bridgehead atoms. The van der Waals surface area contributed by atoms with Gasteiger partial charge in [-0.05, 0) is 12.3 Å². The summed E-state index contributed by atoms with van der Waals surface area (Å²) in [7, 11) is 0. The van der Waals surface area contributed by atoms with Crippen molar-refractivity contribution in [3.05, 3.63) is 11.9 Å². The fraction of sp³-hybridized carbons (Fsp3) is 0.800. The molecule has 0 radical (unpaired) electrons. The van der Waals surface area contributed by atoms with Crippen molar-refractivity contribution in [2.24, 2.45) is 5.92 Å². The second kappa shape index (κ2) is 3.54. The summed E-state index contributed by atoms with van der Waals surface area (Å²) in [4.78, 5) is 0. The minimum atomic E-state index is -2.50. The molecule has 0 N–H and O–H groups in total.